The van der Waals surface area contributed by atoms with Crippen LogP contribution in [-0.2, 0) is 4.79 Å². The number of rotatable bonds is 7. The van der Waals surface area contributed by atoms with Crippen LogP contribution in [0, 0.1) is 0 Å². The van der Waals surface area contributed by atoms with Crippen LogP contribution < -0.4 is 10.6 Å². The minimum atomic E-state index is -0.124. The first-order valence-electron chi connectivity index (χ1n) is 7.59. The third kappa shape index (κ3) is 5.57. The zero-order valence-electron chi connectivity index (χ0n) is 12.8. The van der Waals surface area contributed by atoms with Crippen molar-refractivity contribution in [2.24, 2.45) is 0 Å². The van der Waals surface area contributed by atoms with Gasteiger partial charge in [-0.05, 0) is 43.5 Å². The van der Waals surface area contributed by atoms with Crippen molar-refractivity contribution in [2.75, 3.05) is 18.1 Å². The molecule has 1 aromatic carbocycles. The molecule has 2 N–H and O–H groups in total. The summed E-state index contributed by atoms with van der Waals surface area (Å²) < 4.78 is 0. The number of benzene rings is 1. The maximum atomic E-state index is 11.9. The fourth-order valence-corrected chi connectivity index (χ4v) is 5.32. The summed E-state index contributed by atoms with van der Waals surface area (Å²) in [5.41, 5.74) is 1.33. The minimum absolute atomic E-state index is 0.0427. The Kier molecular flexibility index (Phi) is 7.12. The van der Waals surface area contributed by atoms with E-state index < -0.39 is 0 Å². The van der Waals surface area contributed by atoms with E-state index in [9.17, 15) is 9.59 Å². The molecule has 1 atom stereocenters. The average molecular weight is 338 g/mol. The first-order chi connectivity index (χ1) is 10.7. The largest absolute Gasteiger partial charge is 0.355 e. The van der Waals surface area contributed by atoms with E-state index in [-0.39, 0.29) is 11.8 Å². The van der Waals surface area contributed by atoms with Gasteiger partial charge in [0.15, 0.2) is 0 Å². The maximum Gasteiger partial charge on any atom is 0.251 e. The number of amides is 2. The molecule has 22 heavy (non-hydrogen) atoms. The lowest BCUT2D eigenvalue weighted by atomic mass is 10.1. The number of hydrogen-bond acceptors (Lipinski definition) is 4. The van der Waals surface area contributed by atoms with Crippen molar-refractivity contribution in [3.8, 4) is 0 Å². The predicted molar refractivity (Wildman–Crippen MR) is 95.4 cm³/mol. The Hall–Kier alpha value is -1.14. The second kappa shape index (κ2) is 9.10. The van der Waals surface area contributed by atoms with Crippen LogP contribution in [0.2, 0.25) is 0 Å². The zero-order chi connectivity index (χ0) is 15.8. The Morgan fingerprint density at radius 2 is 2.00 bits per heavy atom. The van der Waals surface area contributed by atoms with Gasteiger partial charge in [0.2, 0.25) is 5.91 Å². The molecule has 1 aliphatic heterocycles. The molecule has 0 spiro atoms. The lowest BCUT2D eigenvalue weighted by molar-refractivity contribution is -0.116. The lowest BCUT2D eigenvalue weighted by Gasteiger charge is -2.08. The first-order valence-corrected chi connectivity index (χ1v) is 9.97. The molecule has 4 nitrogen and oxygen atoms in total. The summed E-state index contributed by atoms with van der Waals surface area (Å²) in [5.74, 6) is 1.18. The predicted octanol–water partition coefficient (Wildman–Crippen LogP) is 3.70. The fourth-order valence-electron chi connectivity index (χ4n) is 2.29. The molecule has 0 radical (unpaired) electrons. The maximum absolute atomic E-state index is 11.9. The van der Waals surface area contributed by atoms with Crippen molar-refractivity contribution < 1.29 is 9.59 Å². The van der Waals surface area contributed by atoms with Gasteiger partial charge in [-0.25, -0.2) is 0 Å². The standard InChI is InChI=1S/C16H22N2O2S2/c1-17-16(20)12-6-8-13(9-7-12)18-15(19)5-3-2-4-14-10-11-21-22-14/h6-9,14H,2-5,10-11H2,1H3,(H,17,20)(H,18,19). The number of unbranched alkanes of at least 4 members (excludes halogenated alkanes) is 1. The van der Waals surface area contributed by atoms with E-state index in [0.29, 0.717) is 12.0 Å². The molecule has 2 rings (SSSR count). The highest BCUT2D eigenvalue weighted by Gasteiger charge is 2.15. The van der Waals surface area contributed by atoms with Gasteiger partial charge < -0.3 is 10.6 Å². The number of nitrogens with one attached hydrogen (secondary N) is 2. The van der Waals surface area contributed by atoms with Gasteiger partial charge in [0, 0.05) is 35.7 Å². The van der Waals surface area contributed by atoms with Crippen LogP contribution in [0.25, 0.3) is 0 Å². The molecular weight excluding hydrogens is 316 g/mol. The second-order valence-corrected chi connectivity index (χ2v) is 8.07. The second-order valence-electron chi connectivity index (χ2n) is 5.28. The fraction of sp³-hybridized carbons (Fsp3) is 0.500. The van der Waals surface area contributed by atoms with E-state index in [4.69, 9.17) is 0 Å². The van der Waals surface area contributed by atoms with E-state index in [0.717, 1.165) is 23.8 Å². The van der Waals surface area contributed by atoms with Gasteiger partial charge in [0.25, 0.3) is 5.91 Å². The van der Waals surface area contributed by atoms with Gasteiger partial charge in [-0.3, -0.25) is 9.59 Å². The van der Waals surface area contributed by atoms with Crippen LogP contribution in [-0.4, -0.2) is 29.9 Å². The molecule has 0 aromatic heterocycles. The van der Waals surface area contributed by atoms with E-state index in [1.54, 1.807) is 31.3 Å². The van der Waals surface area contributed by atoms with Gasteiger partial charge in [0.05, 0.1) is 0 Å². The van der Waals surface area contributed by atoms with Crippen molar-refractivity contribution >= 4 is 39.1 Å². The third-order valence-corrected chi connectivity index (χ3v) is 6.57. The van der Waals surface area contributed by atoms with Crippen molar-refractivity contribution in [2.45, 2.75) is 37.4 Å². The quantitative estimate of drug-likeness (QED) is 0.588. The van der Waals surface area contributed by atoms with Crippen LogP contribution in [0.15, 0.2) is 24.3 Å². The number of anilines is 1. The summed E-state index contributed by atoms with van der Waals surface area (Å²) in [6.07, 6.45) is 5.12. The highest BCUT2D eigenvalue weighted by Crippen LogP contribution is 2.39. The molecule has 1 heterocycles. The molecule has 0 saturated carbocycles. The van der Waals surface area contributed by atoms with Gasteiger partial charge >= 0.3 is 0 Å². The van der Waals surface area contributed by atoms with E-state index in [2.05, 4.69) is 10.6 Å². The molecule has 1 unspecified atom stereocenters. The molecule has 6 heteroatoms. The highest BCUT2D eigenvalue weighted by atomic mass is 33.1. The summed E-state index contributed by atoms with van der Waals surface area (Å²) in [7, 11) is 5.55. The first kappa shape index (κ1) is 17.2. The summed E-state index contributed by atoms with van der Waals surface area (Å²) in [6.45, 7) is 0. The summed E-state index contributed by atoms with van der Waals surface area (Å²) in [5, 5.41) is 6.23. The molecular formula is C16H22N2O2S2. The number of carbonyl (C=O) groups is 2. The topological polar surface area (TPSA) is 58.2 Å². The summed E-state index contributed by atoms with van der Waals surface area (Å²) >= 11 is 0. The lowest BCUT2D eigenvalue weighted by Crippen LogP contribution is -2.17. The molecule has 0 bridgehead atoms. The Labute approximate surface area is 139 Å². The monoisotopic (exact) mass is 338 g/mol. The zero-order valence-corrected chi connectivity index (χ0v) is 14.4. The molecule has 0 aliphatic carbocycles. The molecule has 2 amide bonds. The van der Waals surface area contributed by atoms with E-state index in [1.165, 1.54) is 18.6 Å². The highest BCUT2D eigenvalue weighted by molar-refractivity contribution is 8.77. The minimum Gasteiger partial charge on any atom is -0.355 e. The number of hydrogen-bond donors (Lipinski definition) is 2. The Morgan fingerprint density at radius 1 is 1.23 bits per heavy atom. The van der Waals surface area contributed by atoms with Gasteiger partial charge in [-0.2, -0.15) is 0 Å². The van der Waals surface area contributed by atoms with Crippen molar-refractivity contribution in [3.63, 3.8) is 0 Å². The van der Waals surface area contributed by atoms with Gasteiger partial charge in [-0.1, -0.05) is 28.0 Å². The van der Waals surface area contributed by atoms with Gasteiger partial charge in [0.1, 0.15) is 0 Å². The molecule has 1 aliphatic rings. The number of carbonyl (C=O) groups excluding carboxylic acids is 2. The molecule has 1 aromatic rings. The van der Waals surface area contributed by atoms with Crippen LogP contribution in [0.5, 0.6) is 0 Å². The molecule has 1 fully saturated rings. The Morgan fingerprint density at radius 3 is 2.64 bits per heavy atom. The van der Waals surface area contributed by atoms with E-state index in [1.807, 2.05) is 21.6 Å². The van der Waals surface area contributed by atoms with Crippen LogP contribution in [0.1, 0.15) is 42.5 Å². The smallest absolute Gasteiger partial charge is 0.251 e. The SMILES string of the molecule is CNC(=O)c1ccc(NC(=O)CCCCC2CCSS2)cc1. The van der Waals surface area contributed by atoms with Crippen molar-refractivity contribution in [1.82, 2.24) is 5.32 Å². The van der Waals surface area contributed by atoms with E-state index >= 15 is 0 Å². The van der Waals surface area contributed by atoms with Crippen molar-refractivity contribution in [3.05, 3.63) is 29.8 Å². The Balaban J connectivity index is 1.66. The molecule has 1 saturated heterocycles. The summed E-state index contributed by atoms with van der Waals surface area (Å²) in [6, 6.07) is 6.94. The average Bonchev–Trinajstić information content (AvgIpc) is 3.05. The normalized spacial score (nSPS) is 17.2. The molecule has 120 valence electrons. The Bertz CT molecular complexity index is 499. The van der Waals surface area contributed by atoms with Crippen LogP contribution >= 0.6 is 21.6 Å². The van der Waals surface area contributed by atoms with Crippen molar-refractivity contribution in [1.29, 1.82) is 0 Å². The van der Waals surface area contributed by atoms with Gasteiger partial charge in [-0.15, -0.1) is 0 Å². The third-order valence-electron chi connectivity index (χ3n) is 3.57. The van der Waals surface area contributed by atoms with Crippen LogP contribution in [0.4, 0.5) is 5.69 Å². The summed E-state index contributed by atoms with van der Waals surface area (Å²) in [4.78, 5) is 23.3. The van der Waals surface area contributed by atoms with Crippen LogP contribution in [0.3, 0.4) is 0 Å².